The number of aryl methyl sites for hydroxylation is 1. The molecular formula is C18H21N3OS2. The molecule has 3 aromatic rings. The molecule has 0 aliphatic heterocycles. The normalized spacial score (nSPS) is 11.5. The summed E-state index contributed by atoms with van der Waals surface area (Å²) in [6.07, 6.45) is 2.14. The van der Waals surface area contributed by atoms with Crippen molar-refractivity contribution in [2.75, 3.05) is 0 Å². The number of thioether (sulfide) groups is 1. The quantitative estimate of drug-likeness (QED) is 0.474. The smallest absolute Gasteiger partial charge is 0.262 e. The molecule has 3 rings (SSSR count). The molecule has 126 valence electrons. The summed E-state index contributed by atoms with van der Waals surface area (Å²) in [6, 6.07) is 7.61. The van der Waals surface area contributed by atoms with E-state index in [9.17, 15) is 4.79 Å². The molecule has 2 aromatic heterocycles. The van der Waals surface area contributed by atoms with Gasteiger partial charge in [-0.3, -0.25) is 9.36 Å². The standard InChI is InChI=1S/C18H21N3OS2/c1-4-7-16-19-13(10-23-16)11-24-18-20-15-9-6-5-8-14(15)17(22)21(18)12(2)3/h5-6,8-10,12H,4,7,11H2,1-3H3. The number of aromatic nitrogens is 3. The number of para-hydroxylation sites is 1. The SMILES string of the molecule is CCCc1nc(CSc2nc3ccccc3c(=O)n2C(C)C)cs1. The second-order valence-electron chi connectivity index (χ2n) is 5.95. The summed E-state index contributed by atoms with van der Waals surface area (Å²) in [5.41, 5.74) is 1.85. The topological polar surface area (TPSA) is 47.8 Å². The molecule has 6 heteroatoms. The number of benzene rings is 1. The first-order chi connectivity index (χ1) is 11.6. The first-order valence-electron chi connectivity index (χ1n) is 8.17. The number of fused-ring (bicyclic) bond motifs is 1. The molecule has 0 spiro atoms. The molecule has 0 aliphatic carbocycles. The van der Waals surface area contributed by atoms with Crippen molar-refractivity contribution in [2.45, 2.75) is 50.6 Å². The van der Waals surface area contributed by atoms with E-state index in [1.165, 1.54) is 5.01 Å². The monoisotopic (exact) mass is 359 g/mol. The zero-order valence-corrected chi connectivity index (χ0v) is 15.8. The Balaban J connectivity index is 1.92. The highest BCUT2D eigenvalue weighted by Crippen LogP contribution is 2.25. The number of hydrogen-bond acceptors (Lipinski definition) is 5. The molecule has 0 aliphatic rings. The number of thiazole rings is 1. The van der Waals surface area contributed by atoms with E-state index in [0.717, 1.165) is 35.0 Å². The van der Waals surface area contributed by atoms with Crippen LogP contribution in [0, 0.1) is 0 Å². The fourth-order valence-corrected chi connectivity index (χ4v) is 4.59. The second kappa shape index (κ2) is 7.49. The lowest BCUT2D eigenvalue weighted by Crippen LogP contribution is -2.25. The van der Waals surface area contributed by atoms with Gasteiger partial charge in [0.15, 0.2) is 5.16 Å². The average Bonchev–Trinajstić information content (AvgIpc) is 3.00. The van der Waals surface area contributed by atoms with Crippen molar-refractivity contribution < 1.29 is 0 Å². The van der Waals surface area contributed by atoms with Gasteiger partial charge in [-0.15, -0.1) is 11.3 Å². The van der Waals surface area contributed by atoms with Crippen molar-refractivity contribution in [1.82, 2.24) is 14.5 Å². The van der Waals surface area contributed by atoms with Gasteiger partial charge in [0, 0.05) is 17.2 Å². The number of hydrogen-bond donors (Lipinski definition) is 0. The lowest BCUT2D eigenvalue weighted by atomic mass is 10.2. The molecule has 1 aromatic carbocycles. The van der Waals surface area contributed by atoms with Gasteiger partial charge in [0.2, 0.25) is 0 Å². The van der Waals surface area contributed by atoms with Crippen molar-refractivity contribution in [2.24, 2.45) is 0 Å². The minimum Gasteiger partial charge on any atom is -0.285 e. The fourth-order valence-electron chi connectivity index (χ4n) is 2.57. The van der Waals surface area contributed by atoms with Crippen molar-refractivity contribution >= 4 is 34.0 Å². The van der Waals surface area contributed by atoms with Crippen LogP contribution in [0.25, 0.3) is 10.9 Å². The van der Waals surface area contributed by atoms with Crippen LogP contribution in [0.2, 0.25) is 0 Å². The van der Waals surface area contributed by atoms with Crippen LogP contribution in [0.5, 0.6) is 0 Å². The maximum absolute atomic E-state index is 12.8. The Bertz CT molecular complexity index is 899. The maximum Gasteiger partial charge on any atom is 0.262 e. The Kier molecular flexibility index (Phi) is 5.36. The Morgan fingerprint density at radius 1 is 1.25 bits per heavy atom. The van der Waals surface area contributed by atoms with E-state index in [4.69, 9.17) is 4.98 Å². The number of nitrogens with zero attached hydrogens (tertiary/aromatic N) is 3. The molecule has 0 saturated heterocycles. The van der Waals surface area contributed by atoms with Crippen LogP contribution in [0.15, 0.2) is 39.6 Å². The molecule has 2 heterocycles. The van der Waals surface area contributed by atoms with Gasteiger partial charge in [0.25, 0.3) is 5.56 Å². The summed E-state index contributed by atoms with van der Waals surface area (Å²) in [7, 11) is 0. The van der Waals surface area contributed by atoms with E-state index < -0.39 is 0 Å². The largest absolute Gasteiger partial charge is 0.285 e. The second-order valence-corrected chi connectivity index (χ2v) is 7.84. The first-order valence-corrected chi connectivity index (χ1v) is 10.0. The number of rotatable bonds is 6. The minimum atomic E-state index is 0.0306. The molecule has 0 saturated carbocycles. The van der Waals surface area contributed by atoms with Crippen molar-refractivity contribution in [3.63, 3.8) is 0 Å². The molecular weight excluding hydrogens is 338 g/mol. The summed E-state index contributed by atoms with van der Waals surface area (Å²) in [4.78, 5) is 22.2. The highest BCUT2D eigenvalue weighted by Gasteiger charge is 2.14. The summed E-state index contributed by atoms with van der Waals surface area (Å²) >= 11 is 3.30. The van der Waals surface area contributed by atoms with Gasteiger partial charge in [-0.25, -0.2) is 9.97 Å². The third-order valence-electron chi connectivity index (χ3n) is 3.70. The van der Waals surface area contributed by atoms with Gasteiger partial charge in [0.05, 0.1) is 21.6 Å². The van der Waals surface area contributed by atoms with Crippen LogP contribution in [0.1, 0.15) is 43.9 Å². The lowest BCUT2D eigenvalue weighted by molar-refractivity contribution is 0.519. The van der Waals surface area contributed by atoms with E-state index in [1.807, 2.05) is 38.1 Å². The van der Waals surface area contributed by atoms with Crippen LogP contribution in [0.3, 0.4) is 0 Å². The van der Waals surface area contributed by atoms with E-state index in [0.29, 0.717) is 5.39 Å². The third-order valence-corrected chi connectivity index (χ3v) is 5.65. The molecule has 0 radical (unpaired) electrons. The van der Waals surface area contributed by atoms with Crippen molar-refractivity contribution in [3.05, 3.63) is 50.7 Å². The fraction of sp³-hybridized carbons (Fsp3) is 0.389. The van der Waals surface area contributed by atoms with E-state index >= 15 is 0 Å². The lowest BCUT2D eigenvalue weighted by Gasteiger charge is -2.15. The molecule has 0 atom stereocenters. The van der Waals surface area contributed by atoms with Crippen LogP contribution in [-0.2, 0) is 12.2 Å². The Morgan fingerprint density at radius 3 is 2.79 bits per heavy atom. The molecule has 0 amide bonds. The summed E-state index contributed by atoms with van der Waals surface area (Å²) < 4.78 is 1.78. The van der Waals surface area contributed by atoms with Gasteiger partial charge in [-0.05, 0) is 38.8 Å². The molecule has 0 fully saturated rings. The minimum absolute atomic E-state index is 0.0306. The zero-order valence-electron chi connectivity index (χ0n) is 14.2. The molecule has 0 N–H and O–H groups in total. The Hall–Kier alpha value is -1.66. The molecule has 0 unspecified atom stereocenters. The van der Waals surface area contributed by atoms with Crippen LogP contribution < -0.4 is 5.56 Å². The van der Waals surface area contributed by atoms with E-state index in [1.54, 1.807) is 27.7 Å². The van der Waals surface area contributed by atoms with Gasteiger partial charge in [0.1, 0.15) is 0 Å². The summed E-state index contributed by atoms with van der Waals surface area (Å²) in [5, 5.41) is 4.73. The predicted molar refractivity (Wildman–Crippen MR) is 102 cm³/mol. The average molecular weight is 360 g/mol. The molecule has 4 nitrogen and oxygen atoms in total. The summed E-state index contributed by atoms with van der Waals surface area (Å²) in [5.74, 6) is 0.734. The highest BCUT2D eigenvalue weighted by atomic mass is 32.2. The third kappa shape index (κ3) is 3.54. The molecule has 0 bridgehead atoms. The van der Waals surface area contributed by atoms with Crippen molar-refractivity contribution in [3.8, 4) is 0 Å². The Labute approximate surface area is 150 Å². The van der Waals surface area contributed by atoms with Gasteiger partial charge in [-0.2, -0.15) is 0 Å². The molecule has 24 heavy (non-hydrogen) atoms. The van der Waals surface area contributed by atoms with Crippen molar-refractivity contribution in [1.29, 1.82) is 0 Å². The predicted octanol–water partition coefficient (Wildman–Crippen LogP) is 4.68. The Morgan fingerprint density at radius 2 is 2.04 bits per heavy atom. The van der Waals surface area contributed by atoms with E-state index in [-0.39, 0.29) is 11.6 Å². The van der Waals surface area contributed by atoms with Crippen LogP contribution in [0.4, 0.5) is 0 Å². The van der Waals surface area contributed by atoms with Crippen LogP contribution in [-0.4, -0.2) is 14.5 Å². The van der Waals surface area contributed by atoms with Crippen LogP contribution >= 0.6 is 23.1 Å². The van der Waals surface area contributed by atoms with Gasteiger partial charge < -0.3 is 0 Å². The van der Waals surface area contributed by atoms with E-state index in [2.05, 4.69) is 17.3 Å². The van der Waals surface area contributed by atoms with Gasteiger partial charge >= 0.3 is 0 Å². The first kappa shape index (κ1) is 17.2. The highest BCUT2D eigenvalue weighted by molar-refractivity contribution is 7.98. The summed E-state index contributed by atoms with van der Waals surface area (Å²) in [6.45, 7) is 6.20. The van der Waals surface area contributed by atoms with Gasteiger partial charge in [-0.1, -0.05) is 30.8 Å². The zero-order chi connectivity index (χ0) is 17.1. The maximum atomic E-state index is 12.8.